The highest BCUT2D eigenvalue weighted by molar-refractivity contribution is 8.74. The molecule has 2 atom stereocenters. The summed E-state index contributed by atoms with van der Waals surface area (Å²) in [5.74, 6) is 0. The first-order valence-corrected chi connectivity index (χ1v) is 5.65. The molecule has 0 fully saturated rings. The second kappa shape index (κ2) is 2.85. The summed E-state index contributed by atoms with van der Waals surface area (Å²) in [6, 6.07) is 0.233. The first kappa shape index (κ1) is 8.26. The van der Waals surface area contributed by atoms with E-state index in [-0.39, 0.29) is 11.6 Å². The number of fused-ring (bicyclic) bond motifs is 1. The van der Waals surface area contributed by atoms with E-state index in [2.05, 4.69) is 41.0 Å². The maximum Gasteiger partial charge on any atom is 0.168 e. The van der Waals surface area contributed by atoms with Gasteiger partial charge in [0.25, 0.3) is 0 Å². The number of hydrogen-bond acceptors (Lipinski definition) is 4. The van der Waals surface area contributed by atoms with Gasteiger partial charge >= 0.3 is 0 Å². The van der Waals surface area contributed by atoms with Crippen LogP contribution < -0.4 is 5.32 Å². The molecule has 0 aromatic carbocycles. The van der Waals surface area contributed by atoms with Crippen molar-refractivity contribution in [3.63, 3.8) is 0 Å². The summed E-state index contributed by atoms with van der Waals surface area (Å²) in [5.41, 5.74) is -0.0280. The number of aliphatic imine (C=N–C) groups is 1. The van der Waals surface area contributed by atoms with Crippen molar-refractivity contribution in [2.75, 3.05) is 0 Å². The zero-order valence-electron chi connectivity index (χ0n) is 6.69. The lowest BCUT2D eigenvalue weighted by molar-refractivity contribution is 0.502. The predicted octanol–water partition coefficient (Wildman–Crippen LogP) is 1.78. The average Bonchev–Trinajstić information content (AvgIpc) is 2.41. The lowest BCUT2D eigenvalue weighted by Crippen LogP contribution is -2.45. The fraction of sp³-hybridized carbons (Fsp3) is 0.375. The first-order chi connectivity index (χ1) is 5.74. The summed E-state index contributed by atoms with van der Waals surface area (Å²) in [5, 5.41) is 4.22. The van der Waals surface area contributed by atoms with E-state index >= 15 is 0 Å². The van der Waals surface area contributed by atoms with Gasteiger partial charge in [-0.05, 0) is 17.7 Å². The molecule has 64 valence electrons. The lowest BCUT2D eigenvalue weighted by Gasteiger charge is -2.27. The molecule has 4 heteroatoms. The summed E-state index contributed by atoms with van der Waals surface area (Å²) < 4.78 is 0. The largest absolute Gasteiger partial charge is 0.353 e. The number of nitrogens with zero attached hydrogens (tertiary/aromatic N) is 1. The van der Waals surface area contributed by atoms with Crippen LogP contribution in [0.4, 0.5) is 0 Å². The van der Waals surface area contributed by atoms with Crippen LogP contribution >= 0.6 is 22.5 Å². The molecule has 2 unspecified atom stereocenters. The number of allylic oxidation sites excluding steroid dienone is 2. The van der Waals surface area contributed by atoms with Crippen LogP contribution in [0.15, 0.2) is 29.3 Å². The third-order valence-electron chi connectivity index (χ3n) is 2.18. The van der Waals surface area contributed by atoms with E-state index in [1.165, 1.54) is 10.8 Å². The van der Waals surface area contributed by atoms with Crippen molar-refractivity contribution in [2.24, 2.45) is 4.99 Å². The molecule has 2 aliphatic rings. The average molecular weight is 198 g/mol. The molecule has 1 aliphatic carbocycles. The maximum atomic E-state index is 4.45. The van der Waals surface area contributed by atoms with Gasteiger partial charge in [-0.25, -0.2) is 0 Å². The molecule has 0 radical (unpaired) electrons. The zero-order chi connectivity index (χ0) is 8.60. The minimum atomic E-state index is -0.0280. The highest BCUT2D eigenvalue weighted by Crippen LogP contribution is 2.28. The normalized spacial score (nSPS) is 37.5. The van der Waals surface area contributed by atoms with Gasteiger partial charge in [-0.1, -0.05) is 24.3 Å². The monoisotopic (exact) mass is 198 g/mol. The van der Waals surface area contributed by atoms with Crippen LogP contribution in [0.3, 0.4) is 0 Å². The Morgan fingerprint density at radius 3 is 3.17 bits per heavy atom. The molecule has 0 amide bonds. The molecule has 0 saturated carbocycles. The summed E-state index contributed by atoms with van der Waals surface area (Å²) in [6.07, 6.45) is 8.32. The molecule has 2 nitrogen and oxygen atoms in total. The topological polar surface area (TPSA) is 24.4 Å². The third-order valence-corrected chi connectivity index (χ3v) is 3.08. The number of rotatable bonds is 0. The van der Waals surface area contributed by atoms with Gasteiger partial charge in [0.05, 0.1) is 11.6 Å². The number of amidine groups is 1. The predicted molar refractivity (Wildman–Crippen MR) is 57.6 cm³/mol. The number of hydrogen-bond donors (Lipinski definition) is 2. The van der Waals surface area contributed by atoms with Crippen LogP contribution in [0.1, 0.15) is 6.92 Å². The second-order valence-corrected chi connectivity index (χ2v) is 4.24. The first-order valence-electron chi connectivity index (χ1n) is 3.78. The van der Waals surface area contributed by atoms with Crippen LogP contribution in [-0.4, -0.2) is 16.7 Å². The molecule has 1 heterocycles. The van der Waals surface area contributed by atoms with Gasteiger partial charge in [0.2, 0.25) is 0 Å². The summed E-state index contributed by atoms with van der Waals surface area (Å²) in [7, 11) is 1.36. The molecular formula is C8H10N2S2. The Bertz CT molecular complexity index is 283. The Morgan fingerprint density at radius 2 is 2.50 bits per heavy atom. The molecule has 1 aliphatic heterocycles. The Morgan fingerprint density at radius 1 is 1.67 bits per heavy atom. The molecule has 2 rings (SSSR count). The molecule has 0 saturated heterocycles. The Balaban J connectivity index is 2.28. The molecular weight excluding hydrogens is 188 g/mol. The summed E-state index contributed by atoms with van der Waals surface area (Å²) >= 11 is 4.11. The minimum absolute atomic E-state index is 0.0280. The van der Waals surface area contributed by atoms with Crippen molar-refractivity contribution in [1.82, 2.24) is 5.32 Å². The van der Waals surface area contributed by atoms with Crippen molar-refractivity contribution >= 4 is 27.6 Å². The minimum Gasteiger partial charge on any atom is -0.353 e. The van der Waals surface area contributed by atoms with E-state index in [9.17, 15) is 0 Å². The lowest BCUT2D eigenvalue weighted by atomic mass is 9.90. The van der Waals surface area contributed by atoms with Gasteiger partial charge in [-0.2, -0.15) is 0 Å². The van der Waals surface area contributed by atoms with Crippen LogP contribution in [0.5, 0.6) is 0 Å². The third kappa shape index (κ3) is 1.19. The maximum absolute atomic E-state index is 4.45. The SMILES string of the molecule is CC12C=CC=CC1N=C(SS)N2. The summed E-state index contributed by atoms with van der Waals surface area (Å²) in [6.45, 7) is 2.14. The summed E-state index contributed by atoms with van der Waals surface area (Å²) in [4.78, 5) is 4.45. The van der Waals surface area contributed by atoms with Crippen LogP contribution in [0.25, 0.3) is 0 Å². The molecule has 0 aromatic heterocycles. The van der Waals surface area contributed by atoms with Crippen molar-refractivity contribution in [3.05, 3.63) is 24.3 Å². The van der Waals surface area contributed by atoms with Gasteiger partial charge in [0.15, 0.2) is 5.17 Å². The Hall–Kier alpha value is -0.350. The fourth-order valence-electron chi connectivity index (χ4n) is 1.45. The van der Waals surface area contributed by atoms with Crippen molar-refractivity contribution in [3.8, 4) is 0 Å². The molecule has 0 bridgehead atoms. The van der Waals surface area contributed by atoms with Gasteiger partial charge in [-0.15, -0.1) is 11.7 Å². The quantitative estimate of drug-likeness (QED) is 0.458. The Kier molecular flexibility index (Phi) is 1.96. The van der Waals surface area contributed by atoms with Crippen molar-refractivity contribution in [1.29, 1.82) is 0 Å². The highest BCUT2D eigenvalue weighted by Gasteiger charge is 2.37. The smallest absolute Gasteiger partial charge is 0.168 e. The van der Waals surface area contributed by atoms with Crippen LogP contribution in [0.2, 0.25) is 0 Å². The van der Waals surface area contributed by atoms with Gasteiger partial charge in [-0.3, -0.25) is 4.99 Å². The van der Waals surface area contributed by atoms with Crippen LogP contribution in [0, 0.1) is 0 Å². The van der Waals surface area contributed by atoms with Crippen LogP contribution in [-0.2, 0) is 0 Å². The molecule has 1 N–H and O–H groups in total. The van der Waals surface area contributed by atoms with E-state index in [0.717, 1.165) is 5.17 Å². The standard InChI is InChI=1S/C8H10N2S2/c1-8-5-3-2-4-6(8)9-7(10-8)12-11/h2-6,11H,1H3,(H,9,10). The van der Waals surface area contributed by atoms with E-state index in [1.807, 2.05) is 12.2 Å². The highest BCUT2D eigenvalue weighted by atomic mass is 33.1. The van der Waals surface area contributed by atoms with Gasteiger partial charge < -0.3 is 5.32 Å². The Labute approximate surface area is 81.0 Å². The van der Waals surface area contributed by atoms with E-state index in [0.29, 0.717) is 0 Å². The van der Waals surface area contributed by atoms with E-state index in [1.54, 1.807) is 0 Å². The zero-order valence-corrected chi connectivity index (χ0v) is 8.40. The fourth-order valence-corrected chi connectivity index (χ4v) is 2.16. The van der Waals surface area contributed by atoms with E-state index in [4.69, 9.17) is 0 Å². The molecule has 0 spiro atoms. The van der Waals surface area contributed by atoms with E-state index < -0.39 is 0 Å². The number of nitrogens with one attached hydrogen (secondary N) is 1. The van der Waals surface area contributed by atoms with Gasteiger partial charge in [0, 0.05) is 0 Å². The number of thiol groups is 1. The van der Waals surface area contributed by atoms with Crippen molar-refractivity contribution < 1.29 is 0 Å². The molecule has 0 aromatic rings. The molecule has 12 heavy (non-hydrogen) atoms. The van der Waals surface area contributed by atoms with Gasteiger partial charge in [0.1, 0.15) is 0 Å². The second-order valence-electron chi connectivity index (χ2n) is 3.12. The van der Waals surface area contributed by atoms with Crippen molar-refractivity contribution in [2.45, 2.75) is 18.5 Å².